The van der Waals surface area contributed by atoms with Crippen LogP contribution in [0.2, 0.25) is 0 Å². The van der Waals surface area contributed by atoms with E-state index in [9.17, 15) is 4.39 Å². The Bertz CT molecular complexity index is 556. The van der Waals surface area contributed by atoms with Gasteiger partial charge < -0.3 is 9.32 Å². The molecule has 1 aliphatic rings. The summed E-state index contributed by atoms with van der Waals surface area (Å²) in [7, 11) is 0. The van der Waals surface area contributed by atoms with Crippen molar-refractivity contribution in [3.63, 3.8) is 0 Å². The molecule has 2 aromatic heterocycles. The molecule has 4 nitrogen and oxygen atoms in total. The number of halogens is 1. The molecule has 100 valence electrons. The molecule has 0 N–H and O–H groups in total. The Labute approximate surface area is 111 Å². The molecule has 3 rings (SSSR count). The van der Waals surface area contributed by atoms with Crippen molar-refractivity contribution in [2.45, 2.75) is 32.2 Å². The molecular formula is C14H16FN3O. The maximum Gasteiger partial charge on any atom is 0.187 e. The molecule has 1 aliphatic heterocycles. The van der Waals surface area contributed by atoms with Crippen LogP contribution in [0.15, 0.2) is 29.1 Å². The highest BCUT2D eigenvalue weighted by molar-refractivity contribution is 5.44. The lowest BCUT2D eigenvalue weighted by Crippen LogP contribution is -2.25. The van der Waals surface area contributed by atoms with Gasteiger partial charge in [0.25, 0.3) is 0 Å². The number of aromatic nitrogens is 2. The average molecular weight is 261 g/mol. The smallest absolute Gasteiger partial charge is 0.187 e. The fraction of sp³-hybridized carbons (Fsp3) is 0.429. The van der Waals surface area contributed by atoms with Crippen LogP contribution in [0.3, 0.4) is 0 Å². The number of nitrogens with zero attached hydrogens (tertiary/aromatic N) is 3. The van der Waals surface area contributed by atoms with Gasteiger partial charge >= 0.3 is 0 Å². The maximum absolute atomic E-state index is 14.3. The van der Waals surface area contributed by atoms with E-state index in [1.165, 1.54) is 6.33 Å². The highest BCUT2D eigenvalue weighted by Crippen LogP contribution is 2.36. The zero-order valence-corrected chi connectivity index (χ0v) is 10.8. The highest BCUT2D eigenvalue weighted by atomic mass is 19.1. The van der Waals surface area contributed by atoms with Gasteiger partial charge in [-0.3, -0.25) is 0 Å². The van der Waals surface area contributed by atoms with Gasteiger partial charge in [0, 0.05) is 6.54 Å². The molecule has 5 heteroatoms. The Morgan fingerprint density at radius 2 is 2.37 bits per heavy atom. The molecule has 3 heterocycles. The Morgan fingerprint density at radius 1 is 1.47 bits per heavy atom. The molecule has 0 aliphatic carbocycles. The second kappa shape index (κ2) is 4.99. The fourth-order valence-electron chi connectivity index (χ4n) is 2.64. The molecule has 0 bridgehead atoms. The number of furan rings is 1. The lowest BCUT2D eigenvalue weighted by molar-refractivity contribution is 0.461. The lowest BCUT2D eigenvalue weighted by atomic mass is 10.1. The van der Waals surface area contributed by atoms with Crippen LogP contribution in [-0.4, -0.2) is 16.5 Å². The summed E-state index contributed by atoms with van der Waals surface area (Å²) in [6.07, 6.45) is 5.63. The monoisotopic (exact) mass is 261 g/mol. The molecule has 0 unspecified atom stereocenters. The first-order valence-corrected chi connectivity index (χ1v) is 6.60. The highest BCUT2D eigenvalue weighted by Gasteiger charge is 2.31. The summed E-state index contributed by atoms with van der Waals surface area (Å²) in [5.74, 6) is 0.961. The minimum absolute atomic E-state index is 0.0732. The molecule has 1 saturated heterocycles. The molecule has 1 atom stereocenters. The fourth-order valence-corrected chi connectivity index (χ4v) is 2.64. The average Bonchev–Trinajstić information content (AvgIpc) is 3.09. The van der Waals surface area contributed by atoms with Crippen molar-refractivity contribution < 1.29 is 8.81 Å². The lowest BCUT2D eigenvalue weighted by Gasteiger charge is -2.24. The third-order valence-electron chi connectivity index (χ3n) is 3.57. The number of aryl methyl sites for hydroxylation is 1. The largest absolute Gasteiger partial charge is 0.467 e. The van der Waals surface area contributed by atoms with Crippen LogP contribution in [0.4, 0.5) is 10.2 Å². The topological polar surface area (TPSA) is 42.2 Å². The van der Waals surface area contributed by atoms with E-state index in [1.807, 2.05) is 24.0 Å². The molecule has 2 aromatic rings. The van der Waals surface area contributed by atoms with Crippen molar-refractivity contribution in [2.24, 2.45) is 0 Å². The molecule has 1 fully saturated rings. The van der Waals surface area contributed by atoms with Crippen molar-refractivity contribution in [1.82, 2.24) is 9.97 Å². The first-order chi connectivity index (χ1) is 9.31. The van der Waals surface area contributed by atoms with Gasteiger partial charge in [0.05, 0.1) is 18.0 Å². The van der Waals surface area contributed by atoms with Gasteiger partial charge in [0.2, 0.25) is 0 Å². The van der Waals surface area contributed by atoms with Gasteiger partial charge in [-0.2, -0.15) is 0 Å². The molecular weight excluding hydrogens is 245 g/mol. The van der Waals surface area contributed by atoms with Crippen molar-refractivity contribution in [2.75, 3.05) is 11.4 Å². The minimum atomic E-state index is -0.302. The normalized spacial score (nSPS) is 19.1. The van der Waals surface area contributed by atoms with E-state index in [0.29, 0.717) is 17.9 Å². The number of hydrogen-bond acceptors (Lipinski definition) is 4. The standard InChI is InChI=1S/C14H16FN3O/c1-2-10-13(15)14(17-9-16-10)18-7-3-5-11(18)12-6-4-8-19-12/h4,6,8-9,11H,2-3,5,7H2,1H3/t11-/m0/s1. The molecule has 19 heavy (non-hydrogen) atoms. The van der Waals surface area contributed by atoms with Gasteiger partial charge in [-0.1, -0.05) is 6.92 Å². The van der Waals surface area contributed by atoms with Gasteiger partial charge in [0.15, 0.2) is 11.6 Å². The van der Waals surface area contributed by atoms with Crippen molar-refractivity contribution >= 4 is 5.82 Å². The van der Waals surface area contributed by atoms with Gasteiger partial charge in [-0.05, 0) is 31.4 Å². The number of anilines is 1. The Kier molecular flexibility index (Phi) is 3.19. The number of rotatable bonds is 3. The molecule has 0 aromatic carbocycles. The van der Waals surface area contributed by atoms with Crippen LogP contribution < -0.4 is 4.90 Å². The second-order valence-corrected chi connectivity index (χ2v) is 4.68. The predicted octanol–water partition coefficient (Wildman–Crippen LogP) is 3.11. The van der Waals surface area contributed by atoms with E-state index in [0.717, 1.165) is 25.1 Å². The van der Waals surface area contributed by atoms with E-state index in [-0.39, 0.29) is 11.9 Å². The Hall–Kier alpha value is -1.91. The van der Waals surface area contributed by atoms with Gasteiger partial charge in [0.1, 0.15) is 12.1 Å². The molecule has 0 radical (unpaired) electrons. The van der Waals surface area contributed by atoms with Gasteiger partial charge in [-0.15, -0.1) is 0 Å². The Morgan fingerprint density at radius 3 is 3.11 bits per heavy atom. The van der Waals surface area contributed by atoms with E-state index in [4.69, 9.17) is 4.42 Å². The molecule has 0 amide bonds. The predicted molar refractivity (Wildman–Crippen MR) is 69.4 cm³/mol. The van der Waals surface area contributed by atoms with E-state index >= 15 is 0 Å². The summed E-state index contributed by atoms with van der Waals surface area (Å²) in [6.45, 7) is 2.69. The van der Waals surface area contributed by atoms with E-state index in [2.05, 4.69) is 9.97 Å². The van der Waals surface area contributed by atoms with Crippen LogP contribution >= 0.6 is 0 Å². The van der Waals surface area contributed by atoms with Crippen LogP contribution in [0.1, 0.15) is 37.3 Å². The summed E-state index contributed by atoms with van der Waals surface area (Å²) >= 11 is 0. The minimum Gasteiger partial charge on any atom is -0.467 e. The SMILES string of the molecule is CCc1ncnc(N2CCC[C@H]2c2ccco2)c1F. The summed E-state index contributed by atoms with van der Waals surface area (Å²) in [6, 6.07) is 3.87. The summed E-state index contributed by atoms with van der Waals surface area (Å²) < 4.78 is 19.8. The second-order valence-electron chi connectivity index (χ2n) is 4.68. The van der Waals surface area contributed by atoms with Crippen LogP contribution in [-0.2, 0) is 6.42 Å². The van der Waals surface area contributed by atoms with Crippen LogP contribution in [0.25, 0.3) is 0 Å². The molecule has 0 saturated carbocycles. The van der Waals surface area contributed by atoms with Crippen molar-refractivity contribution in [3.8, 4) is 0 Å². The third-order valence-corrected chi connectivity index (χ3v) is 3.57. The van der Waals surface area contributed by atoms with Crippen LogP contribution in [0.5, 0.6) is 0 Å². The van der Waals surface area contributed by atoms with E-state index in [1.54, 1.807) is 6.26 Å². The Balaban J connectivity index is 1.97. The first-order valence-electron chi connectivity index (χ1n) is 6.60. The molecule has 0 spiro atoms. The quantitative estimate of drug-likeness (QED) is 0.851. The van der Waals surface area contributed by atoms with Crippen molar-refractivity contribution in [1.29, 1.82) is 0 Å². The summed E-state index contributed by atoms with van der Waals surface area (Å²) in [5.41, 5.74) is 0.468. The zero-order chi connectivity index (χ0) is 13.2. The summed E-state index contributed by atoms with van der Waals surface area (Å²) in [4.78, 5) is 10.1. The maximum atomic E-state index is 14.3. The zero-order valence-electron chi connectivity index (χ0n) is 10.8. The van der Waals surface area contributed by atoms with E-state index < -0.39 is 0 Å². The van der Waals surface area contributed by atoms with Crippen molar-refractivity contribution in [3.05, 3.63) is 42.0 Å². The third kappa shape index (κ3) is 2.09. The first kappa shape index (κ1) is 12.1. The van der Waals surface area contributed by atoms with Crippen LogP contribution in [0, 0.1) is 5.82 Å². The summed E-state index contributed by atoms with van der Waals surface area (Å²) in [5, 5.41) is 0. The number of hydrogen-bond donors (Lipinski definition) is 0. The van der Waals surface area contributed by atoms with Gasteiger partial charge in [-0.25, -0.2) is 14.4 Å².